The van der Waals surface area contributed by atoms with Crippen molar-refractivity contribution in [3.05, 3.63) is 17.6 Å². The van der Waals surface area contributed by atoms with E-state index in [-0.39, 0.29) is 17.8 Å². The fourth-order valence-corrected chi connectivity index (χ4v) is 2.29. The van der Waals surface area contributed by atoms with E-state index in [1.807, 2.05) is 6.20 Å². The van der Waals surface area contributed by atoms with E-state index in [0.717, 1.165) is 23.8 Å². The number of aromatic amines is 1. The standard InChI is InChI=1S/C13H16N4O3/c1-13(2-3-13)7-6-15-9-8(7)11(20-5-4-14)17-10(16-9)12(18)19/h6H,2-5,14H2,1H3,(H,18,19)(H,15,16,17). The van der Waals surface area contributed by atoms with Gasteiger partial charge in [0.25, 0.3) is 0 Å². The molecule has 1 fully saturated rings. The number of aromatic nitrogens is 3. The van der Waals surface area contributed by atoms with Crippen LogP contribution in [0.3, 0.4) is 0 Å². The summed E-state index contributed by atoms with van der Waals surface area (Å²) in [7, 11) is 0. The first-order chi connectivity index (χ1) is 9.55. The van der Waals surface area contributed by atoms with Gasteiger partial charge in [0.05, 0.1) is 5.39 Å². The van der Waals surface area contributed by atoms with Crippen molar-refractivity contribution < 1.29 is 14.6 Å². The first-order valence-electron chi connectivity index (χ1n) is 6.51. The summed E-state index contributed by atoms with van der Waals surface area (Å²) in [5.41, 5.74) is 7.11. The van der Waals surface area contributed by atoms with Gasteiger partial charge >= 0.3 is 5.97 Å². The monoisotopic (exact) mass is 276 g/mol. The maximum Gasteiger partial charge on any atom is 0.374 e. The van der Waals surface area contributed by atoms with Crippen LogP contribution < -0.4 is 10.5 Å². The molecule has 0 aliphatic heterocycles. The number of rotatable bonds is 5. The Kier molecular flexibility index (Phi) is 2.86. The van der Waals surface area contributed by atoms with Crippen LogP contribution in [0.1, 0.15) is 35.9 Å². The molecule has 4 N–H and O–H groups in total. The van der Waals surface area contributed by atoms with Crippen LogP contribution in [0.15, 0.2) is 6.20 Å². The normalized spacial score (nSPS) is 16.3. The highest BCUT2D eigenvalue weighted by Crippen LogP contribution is 2.50. The van der Waals surface area contributed by atoms with Gasteiger partial charge in [0.2, 0.25) is 11.7 Å². The summed E-state index contributed by atoms with van der Waals surface area (Å²) in [5, 5.41) is 9.82. The van der Waals surface area contributed by atoms with Gasteiger partial charge in [-0.2, -0.15) is 4.98 Å². The third-order valence-electron chi connectivity index (χ3n) is 3.70. The van der Waals surface area contributed by atoms with E-state index < -0.39 is 5.97 Å². The Labute approximate surface area is 115 Å². The Morgan fingerprint density at radius 1 is 1.55 bits per heavy atom. The lowest BCUT2D eigenvalue weighted by Gasteiger charge is -2.10. The number of hydrogen-bond donors (Lipinski definition) is 3. The molecular formula is C13H16N4O3. The van der Waals surface area contributed by atoms with Crippen molar-refractivity contribution in [1.82, 2.24) is 15.0 Å². The lowest BCUT2D eigenvalue weighted by molar-refractivity contribution is 0.0682. The Morgan fingerprint density at radius 3 is 2.90 bits per heavy atom. The number of nitrogens with two attached hydrogens (primary N) is 1. The van der Waals surface area contributed by atoms with Crippen LogP contribution in [-0.2, 0) is 5.41 Å². The van der Waals surface area contributed by atoms with E-state index >= 15 is 0 Å². The fourth-order valence-electron chi connectivity index (χ4n) is 2.29. The smallest absolute Gasteiger partial charge is 0.374 e. The third-order valence-corrected chi connectivity index (χ3v) is 3.70. The molecule has 0 aromatic carbocycles. The van der Waals surface area contributed by atoms with Gasteiger partial charge in [-0.1, -0.05) is 6.92 Å². The van der Waals surface area contributed by atoms with Gasteiger partial charge in [0, 0.05) is 12.7 Å². The Bertz CT molecular complexity index is 676. The number of hydrogen-bond acceptors (Lipinski definition) is 5. The average Bonchev–Trinajstić information content (AvgIpc) is 3.02. The average molecular weight is 276 g/mol. The zero-order valence-corrected chi connectivity index (χ0v) is 11.1. The summed E-state index contributed by atoms with van der Waals surface area (Å²) in [6.07, 6.45) is 4.06. The number of aromatic carboxylic acids is 1. The molecule has 0 unspecified atom stereocenters. The zero-order chi connectivity index (χ0) is 14.3. The van der Waals surface area contributed by atoms with Crippen molar-refractivity contribution in [2.45, 2.75) is 25.2 Å². The number of carboxylic acid groups (broad SMARTS) is 1. The molecular weight excluding hydrogens is 260 g/mol. The maximum absolute atomic E-state index is 11.1. The van der Waals surface area contributed by atoms with Gasteiger partial charge in [0.1, 0.15) is 12.3 Å². The molecule has 2 aromatic heterocycles. The number of fused-ring (bicyclic) bond motifs is 1. The topological polar surface area (TPSA) is 114 Å². The van der Waals surface area contributed by atoms with Gasteiger partial charge in [-0.05, 0) is 23.8 Å². The first-order valence-corrected chi connectivity index (χ1v) is 6.51. The molecule has 20 heavy (non-hydrogen) atoms. The molecule has 0 saturated heterocycles. The summed E-state index contributed by atoms with van der Waals surface area (Å²) in [4.78, 5) is 22.1. The van der Waals surface area contributed by atoms with Gasteiger partial charge in [-0.25, -0.2) is 9.78 Å². The van der Waals surface area contributed by atoms with Crippen molar-refractivity contribution in [2.75, 3.05) is 13.2 Å². The van der Waals surface area contributed by atoms with Crippen molar-refractivity contribution in [3.63, 3.8) is 0 Å². The fraction of sp³-hybridized carbons (Fsp3) is 0.462. The molecule has 0 bridgehead atoms. The van der Waals surface area contributed by atoms with E-state index in [4.69, 9.17) is 15.6 Å². The predicted octanol–water partition coefficient (Wildman–Crippen LogP) is 1.05. The number of carboxylic acids is 1. The van der Waals surface area contributed by atoms with Crippen LogP contribution in [0, 0.1) is 0 Å². The Morgan fingerprint density at radius 2 is 2.30 bits per heavy atom. The Hall–Kier alpha value is -2.15. The van der Waals surface area contributed by atoms with Crippen molar-refractivity contribution in [3.8, 4) is 5.88 Å². The minimum absolute atomic E-state index is 0.104. The SMILES string of the molecule is CC1(c2c[nH]c3nc(C(=O)O)nc(OCCN)c23)CC1. The van der Waals surface area contributed by atoms with Crippen molar-refractivity contribution in [1.29, 1.82) is 0 Å². The number of nitrogens with one attached hydrogen (secondary N) is 1. The number of ether oxygens (including phenoxy) is 1. The van der Waals surface area contributed by atoms with Crippen LogP contribution in [-0.4, -0.2) is 39.2 Å². The quantitative estimate of drug-likeness (QED) is 0.752. The highest BCUT2D eigenvalue weighted by atomic mass is 16.5. The summed E-state index contributed by atoms with van der Waals surface area (Å²) in [6, 6.07) is 0. The van der Waals surface area contributed by atoms with E-state index in [1.54, 1.807) is 0 Å². The second kappa shape index (κ2) is 4.45. The van der Waals surface area contributed by atoms with Crippen molar-refractivity contribution >= 4 is 17.0 Å². The number of carbonyl (C=O) groups is 1. The summed E-state index contributed by atoms with van der Waals surface area (Å²) in [6.45, 7) is 2.78. The molecule has 0 spiro atoms. The summed E-state index contributed by atoms with van der Waals surface area (Å²) < 4.78 is 5.52. The molecule has 7 heteroatoms. The molecule has 1 aliphatic rings. The minimum atomic E-state index is -1.18. The van der Waals surface area contributed by atoms with Crippen LogP contribution in [0.25, 0.3) is 11.0 Å². The molecule has 0 atom stereocenters. The second-order valence-electron chi connectivity index (χ2n) is 5.28. The van der Waals surface area contributed by atoms with Crippen LogP contribution in [0.5, 0.6) is 5.88 Å². The van der Waals surface area contributed by atoms with Gasteiger partial charge in [-0.15, -0.1) is 0 Å². The first kappa shape index (κ1) is 12.9. The van der Waals surface area contributed by atoms with E-state index in [0.29, 0.717) is 18.1 Å². The van der Waals surface area contributed by atoms with E-state index in [2.05, 4.69) is 21.9 Å². The highest BCUT2D eigenvalue weighted by Gasteiger charge is 2.42. The molecule has 0 amide bonds. The molecule has 106 valence electrons. The van der Waals surface area contributed by atoms with Crippen LogP contribution in [0.4, 0.5) is 0 Å². The lowest BCUT2D eigenvalue weighted by Crippen LogP contribution is -2.14. The van der Waals surface area contributed by atoms with E-state index in [1.165, 1.54) is 0 Å². The Balaban J connectivity index is 2.17. The molecule has 0 radical (unpaired) electrons. The number of nitrogens with zero attached hydrogens (tertiary/aromatic N) is 2. The van der Waals surface area contributed by atoms with E-state index in [9.17, 15) is 4.79 Å². The van der Waals surface area contributed by atoms with Crippen LogP contribution >= 0.6 is 0 Å². The van der Waals surface area contributed by atoms with Gasteiger partial charge < -0.3 is 20.6 Å². The highest BCUT2D eigenvalue weighted by molar-refractivity contribution is 5.91. The molecule has 1 saturated carbocycles. The largest absolute Gasteiger partial charge is 0.476 e. The minimum Gasteiger partial charge on any atom is -0.476 e. The zero-order valence-electron chi connectivity index (χ0n) is 11.1. The van der Waals surface area contributed by atoms with Crippen LogP contribution in [0.2, 0.25) is 0 Å². The molecule has 2 aromatic rings. The van der Waals surface area contributed by atoms with Crippen molar-refractivity contribution in [2.24, 2.45) is 5.73 Å². The predicted molar refractivity (Wildman–Crippen MR) is 72.0 cm³/mol. The molecule has 3 rings (SSSR count). The number of H-pyrrole nitrogens is 1. The molecule has 7 nitrogen and oxygen atoms in total. The van der Waals surface area contributed by atoms with Gasteiger partial charge in [-0.3, -0.25) is 0 Å². The maximum atomic E-state index is 11.1. The molecule has 1 aliphatic carbocycles. The lowest BCUT2D eigenvalue weighted by atomic mass is 9.99. The molecule has 2 heterocycles. The second-order valence-corrected chi connectivity index (χ2v) is 5.28. The summed E-state index contributed by atoms with van der Waals surface area (Å²) in [5.74, 6) is -1.17. The third kappa shape index (κ3) is 2.00. The van der Waals surface area contributed by atoms with Gasteiger partial charge in [0.15, 0.2) is 0 Å². The summed E-state index contributed by atoms with van der Waals surface area (Å²) >= 11 is 0.